The molecule has 3 aromatic rings. The molecule has 130 valence electrons. The predicted molar refractivity (Wildman–Crippen MR) is 93.7 cm³/mol. The monoisotopic (exact) mass is 340 g/mol. The number of H-pyrrole nitrogens is 1. The Hall–Kier alpha value is -2.74. The molecular weight excluding hydrogens is 320 g/mol. The van der Waals surface area contributed by atoms with Crippen LogP contribution in [0.3, 0.4) is 0 Å². The summed E-state index contributed by atoms with van der Waals surface area (Å²) in [7, 11) is 1.88. The van der Waals surface area contributed by atoms with Gasteiger partial charge in [-0.1, -0.05) is 0 Å². The largest absolute Gasteiger partial charge is 0.370 e. The molecule has 1 atom stereocenters. The zero-order valence-corrected chi connectivity index (χ0v) is 14.5. The second kappa shape index (κ2) is 5.96. The van der Waals surface area contributed by atoms with Gasteiger partial charge in [-0.15, -0.1) is 0 Å². The summed E-state index contributed by atoms with van der Waals surface area (Å²) in [4.78, 5) is 26.4. The average Bonchev–Trinajstić information content (AvgIpc) is 3.03. The van der Waals surface area contributed by atoms with Crippen molar-refractivity contribution in [2.75, 3.05) is 24.6 Å². The Labute approximate surface area is 144 Å². The third kappa shape index (κ3) is 2.89. The highest BCUT2D eigenvalue weighted by atomic mass is 16.5. The van der Waals surface area contributed by atoms with Crippen LogP contribution in [-0.4, -0.2) is 44.4 Å². The molecule has 1 fully saturated rings. The van der Waals surface area contributed by atoms with Gasteiger partial charge in [0.25, 0.3) is 5.56 Å². The van der Waals surface area contributed by atoms with Crippen LogP contribution in [0.4, 0.5) is 5.69 Å². The van der Waals surface area contributed by atoms with Gasteiger partial charge in [-0.2, -0.15) is 5.10 Å². The number of nitrogens with one attached hydrogen (secondary N) is 1. The summed E-state index contributed by atoms with van der Waals surface area (Å²) >= 11 is 0. The normalized spacial score (nSPS) is 18.0. The summed E-state index contributed by atoms with van der Waals surface area (Å²) in [5.74, 6) is 0. The van der Waals surface area contributed by atoms with Crippen LogP contribution in [0.15, 0.2) is 23.3 Å². The molecule has 4 heterocycles. The Morgan fingerprint density at radius 1 is 1.28 bits per heavy atom. The number of morpholine rings is 1. The number of anilines is 1. The first-order chi connectivity index (χ1) is 12.0. The Morgan fingerprint density at radius 2 is 2.08 bits per heavy atom. The molecular formula is C17H20N6O2. The van der Waals surface area contributed by atoms with Gasteiger partial charge in [-0.3, -0.25) is 9.48 Å². The summed E-state index contributed by atoms with van der Waals surface area (Å²) in [6, 6.07) is 1.82. The molecule has 3 aromatic heterocycles. The predicted octanol–water partition coefficient (Wildman–Crippen LogP) is 1.25. The first-order valence-corrected chi connectivity index (χ1v) is 8.24. The topological polar surface area (TPSA) is 88.9 Å². The van der Waals surface area contributed by atoms with E-state index < -0.39 is 0 Å². The van der Waals surface area contributed by atoms with Crippen LogP contribution in [0.2, 0.25) is 0 Å². The van der Waals surface area contributed by atoms with Crippen molar-refractivity contribution in [3.05, 3.63) is 45.8 Å². The van der Waals surface area contributed by atoms with E-state index in [4.69, 9.17) is 4.74 Å². The molecule has 1 saturated heterocycles. The maximum absolute atomic E-state index is 12.6. The lowest BCUT2D eigenvalue weighted by atomic mass is 10.1. The third-order valence-electron chi connectivity index (χ3n) is 4.58. The van der Waals surface area contributed by atoms with Crippen LogP contribution in [0.1, 0.15) is 23.1 Å². The zero-order chi connectivity index (χ0) is 17.6. The second-order valence-electron chi connectivity index (χ2n) is 6.36. The summed E-state index contributed by atoms with van der Waals surface area (Å²) in [6.07, 6.45) is 3.63. The van der Waals surface area contributed by atoms with E-state index >= 15 is 0 Å². The number of pyridine rings is 1. The minimum Gasteiger partial charge on any atom is -0.370 e. The Bertz CT molecular complexity index is 992. The van der Waals surface area contributed by atoms with Gasteiger partial charge in [0, 0.05) is 31.9 Å². The van der Waals surface area contributed by atoms with Gasteiger partial charge in [0.15, 0.2) is 5.65 Å². The minimum absolute atomic E-state index is 0.108. The Kier molecular flexibility index (Phi) is 3.76. The molecule has 1 aliphatic heterocycles. The number of aromatic nitrogens is 5. The van der Waals surface area contributed by atoms with Gasteiger partial charge in [0.1, 0.15) is 17.3 Å². The summed E-state index contributed by atoms with van der Waals surface area (Å²) in [5.41, 5.74) is 4.35. The van der Waals surface area contributed by atoms with E-state index in [0.717, 1.165) is 17.0 Å². The van der Waals surface area contributed by atoms with Crippen molar-refractivity contribution >= 4 is 16.9 Å². The summed E-state index contributed by atoms with van der Waals surface area (Å²) in [6.45, 7) is 5.60. The van der Waals surface area contributed by atoms with Crippen LogP contribution in [-0.2, 0) is 11.8 Å². The summed E-state index contributed by atoms with van der Waals surface area (Å²) < 4.78 is 7.61. The molecule has 0 aliphatic carbocycles. The minimum atomic E-state index is -0.156. The van der Waals surface area contributed by atoms with E-state index in [-0.39, 0.29) is 11.7 Å². The van der Waals surface area contributed by atoms with Crippen LogP contribution in [0, 0.1) is 13.8 Å². The average molecular weight is 340 g/mol. The Morgan fingerprint density at radius 3 is 2.84 bits per heavy atom. The van der Waals surface area contributed by atoms with Crippen LogP contribution in [0.25, 0.3) is 11.2 Å². The second-order valence-corrected chi connectivity index (χ2v) is 6.36. The molecule has 0 bridgehead atoms. The van der Waals surface area contributed by atoms with E-state index in [1.807, 2.05) is 38.1 Å². The summed E-state index contributed by atoms with van der Waals surface area (Å²) in [5, 5.41) is 4.20. The van der Waals surface area contributed by atoms with Gasteiger partial charge in [0.05, 0.1) is 24.2 Å². The number of hydrogen-bond donors (Lipinski definition) is 1. The molecule has 4 rings (SSSR count). The van der Waals surface area contributed by atoms with E-state index in [0.29, 0.717) is 36.5 Å². The molecule has 0 aromatic carbocycles. The highest BCUT2D eigenvalue weighted by Crippen LogP contribution is 2.25. The van der Waals surface area contributed by atoms with Crippen molar-refractivity contribution in [2.24, 2.45) is 7.05 Å². The first-order valence-electron chi connectivity index (χ1n) is 8.24. The molecule has 0 saturated carbocycles. The van der Waals surface area contributed by atoms with E-state index in [1.165, 1.54) is 0 Å². The van der Waals surface area contributed by atoms with Crippen molar-refractivity contribution in [1.82, 2.24) is 24.7 Å². The number of ether oxygens (including phenoxy) is 1. The molecule has 8 nitrogen and oxygen atoms in total. The van der Waals surface area contributed by atoms with Gasteiger partial charge in [-0.25, -0.2) is 9.97 Å². The Balaban J connectivity index is 1.69. The maximum Gasteiger partial charge on any atom is 0.273 e. The molecule has 1 N–H and O–H groups in total. The van der Waals surface area contributed by atoms with Gasteiger partial charge < -0.3 is 14.6 Å². The number of nitrogens with zero attached hydrogens (tertiary/aromatic N) is 5. The third-order valence-corrected chi connectivity index (χ3v) is 4.58. The SMILES string of the molecule is Cc1nc2cc(N3CCOC(c4cnn(C)c4)C3)c(=O)[nH]c2nc1C. The lowest BCUT2D eigenvalue weighted by Crippen LogP contribution is -2.40. The van der Waals surface area contributed by atoms with E-state index in [1.54, 1.807) is 10.9 Å². The molecule has 0 amide bonds. The number of fused-ring (bicyclic) bond motifs is 1. The van der Waals surface area contributed by atoms with Crippen molar-refractivity contribution in [3.8, 4) is 0 Å². The van der Waals surface area contributed by atoms with E-state index in [2.05, 4.69) is 20.1 Å². The zero-order valence-electron chi connectivity index (χ0n) is 14.5. The number of hydrogen-bond acceptors (Lipinski definition) is 6. The van der Waals surface area contributed by atoms with Crippen LogP contribution >= 0.6 is 0 Å². The molecule has 8 heteroatoms. The van der Waals surface area contributed by atoms with Crippen molar-refractivity contribution in [3.63, 3.8) is 0 Å². The van der Waals surface area contributed by atoms with Crippen LogP contribution in [0.5, 0.6) is 0 Å². The molecule has 0 spiro atoms. The van der Waals surface area contributed by atoms with Gasteiger partial charge in [0.2, 0.25) is 0 Å². The number of rotatable bonds is 2. The van der Waals surface area contributed by atoms with Gasteiger partial charge >= 0.3 is 0 Å². The fourth-order valence-electron chi connectivity index (χ4n) is 3.09. The lowest BCUT2D eigenvalue weighted by molar-refractivity contribution is 0.0397. The number of aromatic amines is 1. The van der Waals surface area contributed by atoms with Crippen molar-refractivity contribution in [1.29, 1.82) is 0 Å². The first kappa shape index (κ1) is 15.8. The quantitative estimate of drug-likeness (QED) is 0.755. The van der Waals surface area contributed by atoms with Crippen molar-refractivity contribution < 1.29 is 4.74 Å². The van der Waals surface area contributed by atoms with Crippen LogP contribution < -0.4 is 10.5 Å². The maximum atomic E-state index is 12.6. The highest BCUT2D eigenvalue weighted by molar-refractivity contribution is 5.74. The van der Waals surface area contributed by atoms with Gasteiger partial charge in [-0.05, 0) is 19.9 Å². The number of aryl methyl sites for hydroxylation is 3. The van der Waals surface area contributed by atoms with E-state index in [9.17, 15) is 4.79 Å². The fourth-order valence-corrected chi connectivity index (χ4v) is 3.09. The smallest absolute Gasteiger partial charge is 0.273 e. The lowest BCUT2D eigenvalue weighted by Gasteiger charge is -2.33. The molecule has 1 aliphatic rings. The fraction of sp³-hybridized carbons (Fsp3) is 0.412. The highest BCUT2D eigenvalue weighted by Gasteiger charge is 2.25. The molecule has 25 heavy (non-hydrogen) atoms. The van der Waals surface area contributed by atoms with Crippen molar-refractivity contribution in [2.45, 2.75) is 20.0 Å². The molecule has 0 radical (unpaired) electrons. The standard InChI is InChI=1S/C17H20N6O2/c1-10-11(2)20-16-13(19-10)6-14(17(24)21-16)23-4-5-25-15(9-23)12-7-18-22(3)8-12/h6-8,15H,4-5,9H2,1-3H3,(H,20,21,24). The molecule has 1 unspecified atom stereocenters.